The zero-order valence-corrected chi connectivity index (χ0v) is 21.9. The number of hydrogen-bond acceptors (Lipinski definition) is 4. The third-order valence-corrected chi connectivity index (χ3v) is 9.63. The molecule has 0 saturated heterocycles. The highest BCUT2D eigenvalue weighted by atomic mass is 16.3. The van der Waals surface area contributed by atoms with Crippen LogP contribution in [-0.4, -0.2) is 53.1 Å². The molecule has 1 aromatic heterocycles. The quantitative estimate of drug-likeness (QED) is 0.487. The van der Waals surface area contributed by atoms with Crippen LogP contribution in [0.25, 0.3) is 0 Å². The molecule has 34 heavy (non-hydrogen) atoms. The number of aromatic nitrogens is 1. The summed E-state index contributed by atoms with van der Waals surface area (Å²) in [6.45, 7) is 10.7. The summed E-state index contributed by atoms with van der Waals surface area (Å²) in [5.74, 6) is 1.88. The maximum absolute atomic E-state index is 10.2. The average Bonchev–Trinajstić information content (AvgIpc) is 3.39. The zero-order valence-electron chi connectivity index (χ0n) is 21.9. The van der Waals surface area contributed by atoms with Crippen molar-refractivity contribution in [3.63, 3.8) is 0 Å². The Morgan fingerprint density at radius 2 is 1.97 bits per heavy atom. The van der Waals surface area contributed by atoms with Gasteiger partial charge in [0.15, 0.2) is 0 Å². The van der Waals surface area contributed by atoms with Gasteiger partial charge in [-0.2, -0.15) is 0 Å². The minimum Gasteiger partial charge on any atom is -0.391 e. The molecule has 0 bridgehead atoms. The number of fused-ring (bicyclic) bond motifs is 2. The fraction of sp³-hybridized carbons (Fsp3) is 0.828. The molecule has 0 spiro atoms. The molecular formula is C29H48N4O. The van der Waals surface area contributed by atoms with Crippen molar-refractivity contribution in [1.29, 1.82) is 0 Å². The molecule has 1 aromatic rings. The van der Waals surface area contributed by atoms with Crippen molar-refractivity contribution in [2.45, 2.75) is 128 Å². The van der Waals surface area contributed by atoms with Crippen LogP contribution >= 0.6 is 0 Å². The molecule has 0 aromatic carbocycles. The molecule has 2 fully saturated rings. The number of nitrogens with zero attached hydrogens (tertiary/aromatic N) is 1. The fourth-order valence-corrected chi connectivity index (χ4v) is 7.68. The van der Waals surface area contributed by atoms with Crippen LogP contribution in [-0.2, 0) is 12.8 Å². The second kappa shape index (κ2) is 10.1. The van der Waals surface area contributed by atoms with E-state index in [1.807, 2.05) is 0 Å². The number of nitrogens with one attached hydrogen (secondary N) is 3. The molecule has 5 nitrogen and oxygen atoms in total. The van der Waals surface area contributed by atoms with Crippen LogP contribution in [0, 0.1) is 17.3 Å². The molecule has 3 aliphatic carbocycles. The van der Waals surface area contributed by atoms with Gasteiger partial charge in [-0.3, -0.25) is 4.99 Å². The molecule has 4 aliphatic rings. The summed E-state index contributed by atoms with van der Waals surface area (Å²) in [7, 11) is 0. The van der Waals surface area contributed by atoms with E-state index in [-0.39, 0.29) is 12.1 Å². The van der Waals surface area contributed by atoms with Crippen molar-refractivity contribution in [2.75, 3.05) is 6.54 Å². The van der Waals surface area contributed by atoms with E-state index in [1.54, 1.807) is 11.1 Å². The number of aliphatic hydroxyl groups is 1. The highest BCUT2D eigenvalue weighted by molar-refractivity contribution is 5.60. The van der Waals surface area contributed by atoms with Gasteiger partial charge in [-0.05, 0) is 99.1 Å². The smallest absolute Gasteiger partial charge is 0.0797 e. The summed E-state index contributed by atoms with van der Waals surface area (Å²) < 4.78 is 0. The molecular weight excluding hydrogens is 420 g/mol. The summed E-state index contributed by atoms with van der Waals surface area (Å²) in [6, 6.07) is 1.87. The second-order valence-electron chi connectivity index (χ2n) is 13.0. The molecule has 8 atom stereocenters. The van der Waals surface area contributed by atoms with Gasteiger partial charge < -0.3 is 20.7 Å². The number of aromatic amines is 1. The summed E-state index contributed by atoms with van der Waals surface area (Å²) in [6.07, 6.45) is 16.0. The van der Waals surface area contributed by atoms with Crippen LogP contribution in [0.1, 0.15) is 102 Å². The van der Waals surface area contributed by atoms with Crippen LogP contribution in [0.5, 0.6) is 0 Å². The molecule has 2 heterocycles. The highest BCUT2D eigenvalue weighted by Crippen LogP contribution is 2.44. The van der Waals surface area contributed by atoms with Crippen LogP contribution in [0.2, 0.25) is 0 Å². The average molecular weight is 469 g/mol. The maximum Gasteiger partial charge on any atom is 0.0797 e. The highest BCUT2D eigenvalue weighted by Gasteiger charge is 2.42. The van der Waals surface area contributed by atoms with Crippen molar-refractivity contribution < 1.29 is 5.11 Å². The minimum atomic E-state index is -0.227. The lowest BCUT2D eigenvalue weighted by Gasteiger charge is -2.39. The molecule has 0 radical (unpaired) electrons. The Labute approximate surface area is 207 Å². The normalized spacial score (nSPS) is 38.0. The van der Waals surface area contributed by atoms with E-state index in [2.05, 4.69) is 60.7 Å². The van der Waals surface area contributed by atoms with E-state index < -0.39 is 0 Å². The molecule has 1 aliphatic heterocycles. The standard InChI is InChI=1S/C29H48N4O/c1-18-16-20(33-25-13-15-31-28-22(25)9-11-26(28)34)8-10-24(18)30-14-12-19-17-32-27-21(19)6-5-7-23(27)29(2,3)4/h15,17-18,20,22-26,28,30,32-34H,5-14,16H2,1-4H3. The molecule has 2 saturated carbocycles. The Morgan fingerprint density at radius 1 is 1.12 bits per heavy atom. The van der Waals surface area contributed by atoms with E-state index in [1.165, 1.54) is 44.2 Å². The third kappa shape index (κ3) is 5.03. The van der Waals surface area contributed by atoms with E-state index in [0.29, 0.717) is 41.3 Å². The van der Waals surface area contributed by atoms with Gasteiger partial charge >= 0.3 is 0 Å². The molecule has 5 rings (SSSR count). The number of hydrogen-bond donors (Lipinski definition) is 4. The first-order valence-corrected chi connectivity index (χ1v) is 14.2. The Balaban J connectivity index is 1.09. The van der Waals surface area contributed by atoms with Gasteiger partial charge in [0.1, 0.15) is 0 Å². The predicted molar refractivity (Wildman–Crippen MR) is 141 cm³/mol. The predicted octanol–water partition coefficient (Wildman–Crippen LogP) is 4.74. The number of H-pyrrole nitrogens is 1. The van der Waals surface area contributed by atoms with Gasteiger partial charge in [0.2, 0.25) is 0 Å². The lowest BCUT2D eigenvalue weighted by molar-refractivity contribution is 0.142. The molecule has 8 unspecified atom stereocenters. The molecule has 190 valence electrons. The van der Waals surface area contributed by atoms with E-state index >= 15 is 0 Å². The Morgan fingerprint density at radius 3 is 2.76 bits per heavy atom. The lowest BCUT2D eigenvalue weighted by Crippen LogP contribution is -2.52. The van der Waals surface area contributed by atoms with E-state index in [4.69, 9.17) is 0 Å². The summed E-state index contributed by atoms with van der Waals surface area (Å²) in [4.78, 5) is 8.30. The number of aliphatic imine (C=N–C) groups is 1. The van der Waals surface area contributed by atoms with Gasteiger partial charge in [0, 0.05) is 42.1 Å². The molecule has 4 N–H and O–H groups in total. The summed E-state index contributed by atoms with van der Waals surface area (Å²) in [5.41, 5.74) is 5.03. The molecule has 0 amide bonds. The SMILES string of the molecule is CC1CC(NC2CC=NC3C(O)CCC23)CCC1NCCc1c[nH]c2c1CCCC2C(C)(C)C. The Bertz CT molecular complexity index is 855. The van der Waals surface area contributed by atoms with Gasteiger partial charge in [-0.1, -0.05) is 27.7 Å². The van der Waals surface area contributed by atoms with E-state index in [9.17, 15) is 5.11 Å². The van der Waals surface area contributed by atoms with E-state index in [0.717, 1.165) is 32.2 Å². The van der Waals surface area contributed by atoms with Crippen LogP contribution < -0.4 is 10.6 Å². The first kappa shape index (κ1) is 24.5. The Kier molecular flexibility index (Phi) is 7.26. The zero-order chi connectivity index (χ0) is 23.9. The summed E-state index contributed by atoms with van der Waals surface area (Å²) in [5, 5.41) is 18.2. The van der Waals surface area contributed by atoms with Gasteiger partial charge in [-0.15, -0.1) is 0 Å². The topological polar surface area (TPSA) is 72.4 Å². The third-order valence-electron chi connectivity index (χ3n) is 9.63. The fourth-order valence-electron chi connectivity index (χ4n) is 7.68. The monoisotopic (exact) mass is 468 g/mol. The van der Waals surface area contributed by atoms with Crippen LogP contribution in [0.4, 0.5) is 0 Å². The van der Waals surface area contributed by atoms with Crippen LogP contribution in [0.3, 0.4) is 0 Å². The van der Waals surface area contributed by atoms with Gasteiger partial charge in [0.05, 0.1) is 12.1 Å². The van der Waals surface area contributed by atoms with Crippen LogP contribution in [0.15, 0.2) is 11.2 Å². The number of aliphatic hydroxyl groups excluding tert-OH is 1. The van der Waals surface area contributed by atoms with Crippen molar-refractivity contribution in [3.8, 4) is 0 Å². The first-order valence-electron chi connectivity index (χ1n) is 14.2. The van der Waals surface area contributed by atoms with Crippen molar-refractivity contribution >= 4 is 6.21 Å². The van der Waals surface area contributed by atoms with Crippen molar-refractivity contribution in [3.05, 3.63) is 23.0 Å². The second-order valence-corrected chi connectivity index (χ2v) is 13.0. The Hall–Kier alpha value is -1.17. The molecule has 5 heteroatoms. The van der Waals surface area contributed by atoms with Gasteiger partial charge in [0.25, 0.3) is 0 Å². The largest absolute Gasteiger partial charge is 0.391 e. The van der Waals surface area contributed by atoms with Crippen molar-refractivity contribution in [1.82, 2.24) is 15.6 Å². The lowest BCUT2D eigenvalue weighted by atomic mass is 9.71. The van der Waals surface area contributed by atoms with Gasteiger partial charge in [-0.25, -0.2) is 0 Å². The maximum atomic E-state index is 10.2. The van der Waals surface area contributed by atoms with Crippen molar-refractivity contribution in [2.24, 2.45) is 22.2 Å². The first-order chi connectivity index (χ1) is 16.3. The summed E-state index contributed by atoms with van der Waals surface area (Å²) >= 11 is 0. The number of rotatable bonds is 6. The minimum absolute atomic E-state index is 0.138.